The molecule has 0 spiro atoms. The van der Waals surface area contributed by atoms with Gasteiger partial charge >= 0.3 is 12.0 Å². The number of aromatic nitrogens is 1. The zero-order chi connectivity index (χ0) is 15.7. The molecule has 0 radical (unpaired) electrons. The summed E-state index contributed by atoms with van der Waals surface area (Å²) in [4.78, 5) is 28.8. The molecule has 0 aliphatic carbocycles. The number of amides is 2. The number of aliphatic carboxylic acids is 1. The standard InChI is InChI=1S/C14H21N3O3S/c1-3-17(10-11-4-7-15-8-5-11)14(20)16-12(13(18)19)6-9-21-2/h4-5,7-8,12H,3,6,9-10H2,1-2H3,(H,16,20)(H,18,19)/t12-/m1/s1. The fraction of sp³-hybridized carbons (Fsp3) is 0.500. The first-order valence-electron chi connectivity index (χ1n) is 6.74. The van der Waals surface area contributed by atoms with Crippen LogP contribution < -0.4 is 5.32 Å². The van der Waals surface area contributed by atoms with E-state index in [1.54, 1.807) is 29.1 Å². The van der Waals surface area contributed by atoms with E-state index in [-0.39, 0.29) is 6.03 Å². The summed E-state index contributed by atoms with van der Waals surface area (Å²) in [6.07, 6.45) is 5.65. The molecular formula is C14H21N3O3S. The number of urea groups is 1. The molecule has 2 N–H and O–H groups in total. The van der Waals surface area contributed by atoms with E-state index >= 15 is 0 Å². The molecule has 0 aliphatic rings. The lowest BCUT2D eigenvalue weighted by molar-refractivity contribution is -0.139. The maximum atomic E-state index is 12.2. The van der Waals surface area contributed by atoms with Gasteiger partial charge in [0.05, 0.1) is 0 Å². The number of rotatable bonds is 8. The van der Waals surface area contributed by atoms with Crippen LogP contribution in [-0.2, 0) is 11.3 Å². The number of carboxylic acid groups (broad SMARTS) is 1. The molecule has 1 atom stereocenters. The predicted octanol–water partition coefficient (Wildman–Crippen LogP) is 1.82. The van der Waals surface area contributed by atoms with E-state index < -0.39 is 12.0 Å². The van der Waals surface area contributed by atoms with E-state index in [4.69, 9.17) is 5.11 Å². The average Bonchev–Trinajstić information content (AvgIpc) is 2.49. The van der Waals surface area contributed by atoms with Gasteiger partial charge in [-0.25, -0.2) is 9.59 Å². The minimum absolute atomic E-state index is 0.359. The molecule has 21 heavy (non-hydrogen) atoms. The number of hydrogen-bond donors (Lipinski definition) is 2. The van der Waals surface area contributed by atoms with Crippen LogP contribution in [0.5, 0.6) is 0 Å². The monoisotopic (exact) mass is 311 g/mol. The number of carbonyl (C=O) groups is 2. The van der Waals surface area contributed by atoms with Gasteiger partial charge in [0.2, 0.25) is 0 Å². The molecule has 0 saturated carbocycles. The Bertz CT molecular complexity index is 456. The van der Waals surface area contributed by atoms with Crippen molar-refractivity contribution in [1.29, 1.82) is 0 Å². The van der Waals surface area contributed by atoms with Crippen LogP contribution in [0, 0.1) is 0 Å². The van der Waals surface area contributed by atoms with Gasteiger partial charge in [0, 0.05) is 25.5 Å². The maximum Gasteiger partial charge on any atom is 0.326 e. The van der Waals surface area contributed by atoms with Crippen molar-refractivity contribution >= 4 is 23.8 Å². The largest absolute Gasteiger partial charge is 0.480 e. The second-order valence-corrected chi connectivity index (χ2v) is 5.48. The van der Waals surface area contributed by atoms with Gasteiger partial charge in [-0.1, -0.05) is 0 Å². The highest BCUT2D eigenvalue weighted by Gasteiger charge is 2.22. The molecule has 0 fully saturated rings. The van der Waals surface area contributed by atoms with Crippen molar-refractivity contribution < 1.29 is 14.7 Å². The Labute approximate surface area is 128 Å². The van der Waals surface area contributed by atoms with E-state index in [2.05, 4.69) is 10.3 Å². The van der Waals surface area contributed by atoms with Gasteiger partial charge in [-0.3, -0.25) is 4.98 Å². The van der Waals surface area contributed by atoms with E-state index in [0.29, 0.717) is 25.3 Å². The van der Waals surface area contributed by atoms with Gasteiger partial charge in [-0.15, -0.1) is 0 Å². The summed E-state index contributed by atoms with van der Waals surface area (Å²) in [5.41, 5.74) is 0.956. The fourth-order valence-corrected chi connectivity index (χ4v) is 2.24. The molecule has 1 rings (SSSR count). The van der Waals surface area contributed by atoms with Crippen molar-refractivity contribution in [2.24, 2.45) is 0 Å². The number of nitrogens with zero attached hydrogens (tertiary/aromatic N) is 2. The van der Waals surface area contributed by atoms with Crippen molar-refractivity contribution in [2.75, 3.05) is 18.6 Å². The van der Waals surface area contributed by atoms with E-state index in [9.17, 15) is 9.59 Å². The number of carboxylic acids is 1. The van der Waals surface area contributed by atoms with Crippen LogP contribution in [0.15, 0.2) is 24.5 Å². The molecule has 1 aromatic rings. The van der Waals surface area contributed by atoms with Crippen LogP contribution in [0.25, 0.3) is 0 Å². The Morgan fingerprint density at radius 3 is 2.62 bits per heavy atom. The van der Waals surface area contributed by atoms with Crippen LogP contribution >= 0.6 is 11.8 Å². The van der Waals surface area contributed by atoms with Crippen LogP contribution in [0.2, 0.25) is 0 Å². The van der Waals surface area contributed by atoms with Crippen LogP contribution in [0.4, 0.5) is 4.79 Å². The first kappa shape index (κ1) is 17.3. The van der Waals surface area contributed by atoms with Crippen LogP contribution in [-0.4, -0.2) is 51.6 Å². The van der Waals surface area contributed by atoms with Crippen LogP contribution in [0.1, 0.15) is 18.9 Å². The molecule has 1 heterocycles. The maximum absolute atomic E-state index is 12.2. The Balaban J connectivity index is 2.62. The third-order valence-electron chi connectivity index (χ3n) is 3.00. The molecule has 0 unspecified atom stereocenters. The molecule has 2 amide bonds. The second-order valence-electron chi connectivity index (χ2n) is 4.49. The molecule has 0 saturated heterocycles. The normalized spacial score (nSPS) is 11.7. The quantitative estimate of drug-likeness (QED) is 0.765. The summed E-state index contributed by atoms with van der Waals surface area (Å²) >= 11 is 1.56. The lowest BCUT2D eigenvalue weighted by atomic mass is 10.2. The van der Waals surface area contributed by atoms with Gasteiger partial charge in [0.15, 0.2) is 0 Å². The third-order valence-corrected chi connectivity index (χ3v) is 3.64. The number of pyridine rings is 1. The van der Waals surface area contributed by atoms with Gasteiger partial charge in [0.1, 0.15) is 6.04 Å². The predicted molar refractivity (Wildman–Crippen MR) is 83.3 cm³/mol. The van der Waals surface area contributed by atoms with Gasteiger partial charge in [0.25, 0.3) is 0 Å². The minimum atomic E-state index is -1.00. The summed E-state index contributed by atoms with van der Waals surface area (Å²) in [7, 11) is 0. The van der Waals surface area contributed by atoms with E-state index in [1.807, 2.05) is 25.3 Å². The molecule has 0 aromatic carbocycles. The highest BCUT2D eigenvalue weighted by molar-refractivity contribution is 7.98. The smallest absolute Gasteiger partial charge is 0.326 e. The minimum Gasteiger partial charge on any atom is -0.480 e. The van der Waals surface area contributed by atoms with Crippen molar-refractivity contribution in [3.63, 3.8) is 0 Å². The first-order chi connectivity index (χ1) is 10.1. The molecule has 116 valence electrons. The lowest BCUT2D eigenvalue weighted by Crippen LogP contribution is -2.47. The van der Waals surface area contributed by atoms with Gasteiger partial charge in [-0.2, -0.15) is 11.8 Å². The van der Waals surface area contributed by atoms with Gasteiger partial charge < -0.3 is 15.3 Å². The summed E-state index contributed by atoms with van der Waals surface area (Å²) < 4.78 is 0. The Morgan fingerprint density at radius 2 is 2.10 bits per heavy atom. The topological polar surface area (TPSA) is 82.5 Å². The molecule has 7 heteroatoms. The summed E-state index contributed by atoms with van der Waals surface area (Å²) in [5.74, 6) is -0.314. The number of carbonyl (C=O) groups excluding carboxylic acids is 1. The zero-order valence-electron chi connectivity index (χ0n) is 12.3. The summed E-state index contributed by atoms with van der Waals surface area (Å²) in [5, 5.41) is 11.7. The van der Waals surface area contributed by atoms with Crippen molar-refractivity contribution in [2.45, 2.75) is 25.9 Å². The fourth-order valence-electron chi connectivity index (χ4n) is 1.77. The van der Waals surface area contributed by atoms with Crippen LogP contribution in [0.3, 0.4) is 0 Å². The Hall–Kier alpha value is -1.76. The molecular weight excluding hydrogens is 290 g/mol. The molecule has 0 bridgehead atoms. The molecule has 0 aliphatic heterocycles. The Kier molecular flexibility index (Phi) is 7.60. The van der Waals surface area contributed by atoms with E-state index in [0.717, 1.165) is 5.56 Å². The first-order valence-corrected chi connectivity index (χ1v) is 8.14. The number of thioether (sulfide) groups is 1. The summed E-state index contributed by atoms with van der Waals surface area (Å²) in [6, 6.07) is 2.45. The lowest BCUT2D eigenvalue weighted by Gasteiger charge is -2.24. The summed E-state index contributed by atoms with van der Waals surface area (Å²) in [6.45, 7) is 2.79. The number of hydrogen-bond acceptors (Lipinski definition) is 4. The van der Waals surface area contributed by atoms with Gasteiger partial charge in [-0.05, 0) is 43.0 Å². The Morgan fingerprint density at radius 1 is 1.43 bits per heavy atom. The number of nitrogens with one attached hydrogen (secondary N) is 1. The van der Waals surface area contributed by atoms with Crippen molar-refractivity contribution in [3.05, 3.63) is 30.1 Å². The highest BCUT2D eigenvalue weighted by atomic mass is 32.2. The van der Waals surface area contributed by atoms with Crippen molar-refractivity contribution in [1.82, 2.24) is 15.2 Å². The van der Waals surface area contributed by atoms with Crippen molar-refractivity contribution in [3.8, 4) is 0 Å². The highest BCUT2D eigenvalue weighted by Crippen LogP contribution is 2.06. The second kappa shape index (κ2) is 9.23. The average molecular weight is 311 g/mol. The van der Waals surface area contributed by atoms with E-state index in [1.165, 1.54) is 0 Å². The molecule has 6 nitrogen and oxygen atoms in total. The zero-order valence-corrected chi connectivity index (χ0v) is 13.1. The SMILES string of the molecule is CCN(Cc1ccncc1)C(=O)N[C@H](CCSC)C(=O)O. The molecule has 1 aromatic heterocycles. The third kappa shape index (κ3) is 6.03.